The summed E-state index contributed by atoms with van der Waals surface area (Å²) in [6, 6.07) is 0. The molecule has 0 atom stereocenters. The third-order valence-corrected chi connectivity index (χ3v) is 4.87. The standard InChI is InChI=1S/C13H28N.C6HF5O/c1-3-4-5-6-7-8-11-14(2)12-9-10-13-14;7-1-2(8)4(10)6(12)5(11)3(1)9/h3-13H2,1-2H3;12H/q+1;/p-1. The van der Waals surface area contributed by atoms with Crippen LogP contribution in [-0.2, 0) is 0 Å². The van der Waals surface area contributed by atoms with E-state index >= 15 is 0 Å². The number of nitrogens with zero attached hydrogens (tertiary/aromatic N) is 1. The summed E-state index contributed by atoms with van der Waals surface area (Å²) in [7, 11) is 2.44. The zero-order valence-corrected chi connectivity index (χ0v) is 15.5. The molecule has 7 heteroatoms. The first-order valence-corrected chi connectivity index (χ1v) is 9.25. The van der Waals surface area contributed by atoms with Crippen LogP contribution in [0.1, 0.15) is 58.3 Å². The molecule has 2 rings (SSSR count). The molecule has 0 aliphatic carbocycles. The first-order valence-electron chi connectivity index (χ1n) is 9.25. The quantitative estimate of drug-likeness (QED) is 0.213. The maximum atomic E-state index is 12.1. The molecule has 26 heavy (non-hydrogen) atoms. The fourth-order valence-corrected chi connectivity index (χ4v) is 3.18. The van der Waals surface area contributed by atoms with Gasteiger partial charge < -0.3 is 9.59 Å². The van der Waals surface area contributed by atoms with Crippen molar-refractivity contribution in [2.75, 3.05) is 26.7 Å². The van der Waals surface area contributed by atoms with E-state index in [1.54, 1.807) is 0 Å². The Labute approximate surface area is 152 Å². The maximum absolute atomic E-state index is 12.1. The van der Waals surface area contributed by atoms with Crippen LogP contribution < -0.4 is 5.11 Å². The van der Waals surface area contributed by atoms with Crippen molar-refractivity contribution in [3.8, 4) is 5.75 Å². The summed E-state index contributed by atoms with van der Waals surface area (Å²) >= 11 is 0. The van der Waals surface area contributed by atoms with Gasteiger partial charge in [-0.1, -0.05) is 32.6 Å². The van der Waals surface area contributed by atoms with E-state index in [9.17, 15) is 27.1 Å². The molecule has 0 unspecified atom stereocenters. The lowest BCUT2D eigenvalue weighted by molar-refractivity contribution is -0.897. The summed E-state index contributed by atoms with van der Waals surface area (Å²) in [4.78, 5) is 0. The molecule has 150 valence electrons. The van der Waals surface area contributed by atoms with Gasteiger partial charge >= 0.3 is 0 Å². The topological polar surface area (TPSA) is 23.1 Å². The molecule has 0 bridgehead atoms. The Kier molecular flexibility index (Phi) is 9.33. The highest BCUT2D eigenvalue weighted by Crippen LogP contribution is 2.25. The second-order valence-corrected chi connectivity index (χ2v) is 7.16. The first-order chi connectivity index (χ1) is 12.2. The summed E-state index contributed by atoms with van der Waals surface area (Å²) in [6.45, 7) is 6.60. The third kappa shape index (κ3) is 6.41. The van der Waals surface area contributed by atoms with Crippen LogP contribution in [0.25, 0.3) is 0 Å². The van der Waals surface area contributed by atoms with Gasteiger partial charge in [0.15, 0.2) is 29.1 Å². The number of unbranched alkanes of at least 4 members (excludes halogenated alkanes) is 5. The van der Waals surface area contributed by atoms with Crippen LogP contribution in [0.4, 0.5) is 22.0 Å². The molecule has 1 aromatic rings. The summed E-state index contributed by atoms with van der Waals surface area (Å²) in [5, 5.41) is 10.2. The van der Waals surface area contributed by atoms with E-state index in [0.717, 1.165) is 0 Å². The van der Waals surface area contributed by atoms with Crippen molar-refractivity contribution in [2.45, 2.75) is 58.3 Å². The van der Waals surface area contributed by atoms with Gasteiger partial charge in [-0.05, 0) is 18.6 Å². The fourth-order valence-electron chi connectivity index (χ4n) is 3.18. The van der Waals surface area contributed by atoms with Crippen LogP contribution in [0.15, 0.2) is 0 Å². The number of halogens is 5. The highest BCUT2D eigenvalue weighted by atomic mass is 19.2. The van der Waals surface area contributed by atoms with Gasteiger partial charge in [-0.2, -0.15) is 0 Å². The second-order valence-electron chi connectivity index (χ2n) is 7.16. The molecule has 2 nitrogen and oxygen atoms in total. The van der Waals surface area contributed by atoms with Crippen LogP contribution >= 0.6 is 0 Å². The zero-order chi connectivity index (χ0) is 19.7. The van der Waals surface area contributed by atoms with Crippen molar-refractivity contribution in [1.29, 1.82) is 0 Å². The number of likely N-dealkylation sites (tertiary alicyclic amines) is 1. The number of rotatable bonds is 7. The molecule has 0 radical (unpaired) electrons. The molecular weight excluding hydrogens is 353 g/mol. The van der Waals surface area contributed by atoms with Gasteiger partial charge in [0.1, 0.15) is 0 Å². The summed E-state index contributed by atoms with van der Waals surface area (Å²) in [6.07, 6.45) is 11.6. The Hall–Kier alpha value is -1.37. The van der Waals surface area contributed by atoms with Crippen molar-refractivity contribution in [1.82, 2.24) is 0 Å². The lowest BCUT2D eigenvalue weighted by atomic mass is 10.1. The van der Waals surface area contributed by atoms with Crippen molar-refractivity contribution in [2.24, 2.45) is 0 Å². The predicted octanol–water partition coefficient (Wildman–Crippen LogP) is 5.04. The molecule has 1 fully saturated rings. The lowest BCUT2D eigenvalue weighted by Crippen LogP contribution is -2.41. The van der Waals surface area contributed by atoms with Gasteiger partial charge in [0.2, 0.25) is 0 Å². The van der Waals surface area contributed by atoms with E-state index in [1.165, 1.54) is 75.5 Å². The van der Waals surface area contributed by atoms with Gasteiger partial charge in [-0.3, -0.25) is 0 Å². The molecule has 1 saturated heterocycles. The summed E-state index contributed by atoms with van der Waals surface area (Å²) in [5.74, 6) is -13.6. The van der Waals surface area contributed by atoms with Gasteiger partial charge in [-0.25, -0.2) is 22.0 Å². The fraction of sp³-hybridized carbons (Fsp3) is 0.684. The molecule has 0 saturated carbocycles. The molecule has 0 spiro atoms. The Morgan fingerprint density at radius 1 is 0.731 bits per heavy atom. The van der Waals surface area contributed by atoms with E-state index in [0.29, 0.717) is 0 Å². The lowest BCUT2D eigenvalue weighted by Gasteiger charge is -2.29. The normalized spacial score (nSPS) is 15.7. The van der Waals surface area contributed by atoms with Gasteiger partial charge in [0, 0.05) is 12.8 Å². The van der Waals surface area contributed by atoms with Gasteiger partial charge in [0.05, 0.1) is 26.7 Å². The molecule has 0 N–H and O–H groups in total. The predicted molar refractivity (Wildman–Crippen MR) is 89.1 cm³/mol. The minimum absolute atomic E-state index is 1.37. The largest absolute Gasteiger partial charge is 0.868 e. The Bertz CT molecular complexity index is 469. The number of benzene rings is 1. The molecular formula is C19H28F5NO. The van der Waals surface area contributed by atoms with E-state index in [2.05, 4.69) is 14.0 Å². The van der Waals surface area contributed by atoms with Crippen molar-refractivity contribution < 1.29 is 31.5 Å². The minimum Gasteiger partial charge on any atom is -0.868 e. The van der Waals surface area contributed by atoms with Crippen molar-refractivity contribution in [3.63, 3.8) is 0 Å². The van der Waals surface area contributed by atoms with Crippen LogP contribution in [0, 0.1) is 29.1 Å². The third-order valence-electron chi connectivity index (χ3n) is 4.87. The average Bonchev–Trinajstić information content (AvgIpc) is 3.07. The van der Waals surface area contributed by atoms with E-state index < -0.39 is 34.8 Å². The van der Waals surface area contributed by atoms with Crippen molar-refractivity contribution >= 4 is 0 Å². The van der Waals surface area contributed by atoms with Gasteiger partial charge in [-0.15, -0.1) is 0 Å². The van der Waals surface area contributed by atoms with Crippen molar-refractivity contribution in [3.05, 3.63) is 29.1 Å². The molecule has 0 aromatic heterocycles. The molecule has 1 aliphatic heterocycles. The SMILES string of the molecule is CCCCCCCC[N+]1(C)CCCC1.[O-]c1c(F)c(F)c(F)c(F)c1F. The average molecular weight is 381 g/mol. The van der Waals surface area contributed by atoms with Crippen LogP contribution in [0.2, 0.25) is 0 Å². The maximum Gasteiger partial charge on any atom is 0.200 e. The smallest absolute Gasteiger partial charge is 0.200 e. The number of quaternary nitrogens is 1. The zero-order valence-electron chi connectivity index (χ0n) is 15.5. The Morgan fingerprint density at radius 3 is 1.65 bits per heavy atom. The highest BCUT2D eigenvalue weighted by molar-refractivity contribution is 5.26. The Balaban J connectivity index is 0.000000263. The summed E-state index contributed by atoms with van der Waals surface area (Å²) in [5.41, 5.74) is 0. The van der Waals surface area contributed by atoms with E-state index in [4.69, 9.17) is 0 Å². The second kappa shape index (κ2) is 10.7. The first kappa shape index (κ1) is 22.7. The molecule has 1 aromatic carbocycles. The summed E-state index contributed by atoms with van der Waals surface area (Å²) < 4.78 is 61.8. The van der Waals surface area contributed by atoms with Gasteiger partial charge in [0.25, 0.3) is 0 Å². The minimum atomic E-state index is -2.33. The monoisotopic (exact) mass is 381 g/mol. The molecule has 1 aliphatic rings. The van der Waals surface area contributed by atoms with Crippen LogP contribution in [0.3, 0.4) is 0 Å². The van der Waals surface area contributed by atoms with Crippen LogP contribution in [-0.4, -0.2) is 31.2 Å². The van der Waals surface area contributed by atoms with Crippen LogP contribution in [0.5, 0.6) is 5.75 Å². The molecule has 1 heterocycles. The number of hydrogen-bond acceptors (Lipinski definition) is 1. The Morgan fingerprint density at radius 2 is 1.15 bits per heavy atom. The van der Waals surface area contributed by atoms with E-state index in [-0.39, 0.29) is 0 Å². The highest BCUT2D eigenvalue weighted by Gasteiger charge is 2.25. The molecule has 0 amide bonds. The number of hydrogen-bond donors (Lipinski definition) is 0. The van der Waals surface area contributed by atoms with E-state index in [1.807, 2.05) is 0 Å².